The summed E-state index contributed by atoms with van der Waals surface area (Å²) in [6.07, 6.45) is 6.43. The number of nitriles is 1. The molecule has 33 heavy (non-hydrogen) atoms. The minimum atomic E-state index is -0.861. The lowest BCUT2D eigenvalue weighted by Crippen LogP contribution is -2.56. The first-order chi connectivity index (χ1) is 15.9. The molecule has 1 aromatic heterocycles. The number of aryl methyl sites for hydroxylation is 2. The number of carboxylic acids is 1. The van der Waals surface area contributed by atoms with Gasteiger partial charge >= 0.3 is 5.97 Å². The van der Waals surface area contributed by atoms with Crippen LogP contribution in [0.3, 0.4) is 0 Å². The van der Waals surface area contributed by atoms with E-state index >= 15 is 0 Å². The van der Waals surface area contributed by atoms with Crippen LogP contribution in [-0.4, -0.2) is 62.6 Å². The number of likely N-dealkylation sites (tertiary alicyclic amines) is 2. The van der Waals surface area contributed by atoms with Gasteiger partial charge in [-0.25, -0.2) is 0 Å². The van der Waals surface area contributed by atoms with E-state index in [0.717, 1.165) is 68.9 Å². The van der Waals surface area contributed by atoms with Crippen molar-refractivity contribution in [2.75, 3.05) is 13.1 Å². The molecule has 0 bridgehead atoms. The fourth-order valence-corrected chi connectivity index (χ4v) is 5.72. The highest BCUT2D eigenvalue weighted by molar-refractivity contribution is 5.84. The highest BCUT2D eigenvalue weighted by Crippen LogP contribution is 2.29. The molecule has 176 valence electrons. The number of carboxylic acid groups (broad SMARTS) is 1. The van der Waals surface area contributed by atoms with E-state index in [1.807, 2.05) is 28.0 Å². The van der Waals surface area contributed by atoms with E-state index in [9.17, 15) is 20.0 Å². The number of amides is 1. The van der Waals surface area contributed by atoms with Crippen LogP contribution in [0.25, 0.3) is 10.9 Å². The zero-order chi connectivity index (χ0) is 23.5. The number of benzene rings is 1. The Hall–Kier alpha value is -2.85. The molecular weight excluding hydrogens is 416 g/mol. The second-order valence-electron chi connectivity index (χ2n) is 9.40. The molecule has 1 N–H and O–H groups in total. The average Bonchev–Trinajstić information content (AvgIpc) is 3.44. The number of piperidine rings is 1. The number of rotatable bonds is 7. The van der Waals surface area contributed by atoms with E-state index < -0.39 is 12.0 Å². The van der Waals surface area contributed by atoms with Crippen LogP contribution in [0.1, 0.15) is 63.6 Å². The first kappa shape index (κ1) is 23.3. The fourth-order valence-electron chi connectivity index (χ4n) is 5.72. The third-order valence-corrected chi connectivity index (χ3v) is 7.51. The Balaban J connectivity index is 1.48. The van der Waals surface area contributed by atoms with E-state index in [4.69, 9.17) is 0 Å². The normalized spacial score (nSPS) is 22.4. The number of hydrogen-bond donors (Lipinski definition) is 1. The molecule has 0 saturated carbocycles. The summed E-state index contributed by atoms with van der Waals surface area (Å²) in [5, 5.41) is 19.9. The molecule has 0 spiro atoms. The summed E-state index contributed by atoms with van der Waals surface area (Å²) in [5.74, 6) is -0.750. The van der Waals surface area contributed by atoms with E-state index in [1.165, 1.54) is 5.69 Å². The maximum atomic E-state index is 13.5. The Bertz CT molecular complexity index is 1070. The number of carbonyl (C=O) groups is 2. The highest BCUT2D eigenvalue weighted by Gasteiger charge is 2.39. The molecule has 2 aliphatic rings. The Morgan fingerprint density at radius 1 is 1.18 bits per heavy atom. The van der Waals surface area contributed by atoms with Crippen LogP contribution < -0.4 is 0 Å². The van der Waals surface area contributed by atoms with Crippen LogP contribution in [-0.2, 0) is 22.6 Å². The SMILES string of the molecule is CCn1c(CCC2CCCN2C(=O)C2CCCCN2C(C)C(=O)O)cc2ccc(C#N)cc21. The molecule has 3 unspecified atom stereocenters. The number of carbonyl (C=O) groups excluding carboxylic acids is 1. The highest BCUT2D eigenvalue weighted by atomic mass is 16.4. The third kappa shape index (κ3) is 4.63. The van der Waals surface area contributed by atoms with Crippen LogP contribution in [0.15, 0.2) is 24.3 Å². The van der Waals surface area contributed by atoms with Gasteiger partial charge in [-0.3, -0.25) is 14.5 Å². The lowest BCUT2D eigenvalue weighted by molar-refractivity contribution is -0.149. The molecular formula is C26H34N4O3. The maximum Gasteiger partial charge on any atom is 0.320 e. The predicted octanol–water partition coefficient (Wildman–Crippen LogP) is 3.78. The molecule has 7 heteroatoms. The molecule has 3 heterocycles. The number of hydrogen-bond acceptors (Lipinski definition) is 4. The van der Waals surface area contributed by atoms with E-state index in [2.05, 4.69) is 23.6 Å². The first-order valence-electron chi connectivity index (χ1n) is 12.3. The number of fused-ring (bicyclic) bond motifs is 1. The van der Waals surface area contributed by atoms with Crippen LogP contribution in [0, 0.1) is 11.3 Å². The molecule has 0 radical (unpaired) electrons. The van der Waals surface area contributed by atoms with Gasteiger partial charge in [0.2, 0.25) is 5.91 Å². The van der Waals surface area contributed by atoms with Crippen LogP contribution in [0.2, 0.25) is 0 Å². The predicted molar refractivity (Wildman–Crippen MR) is 127 cm³/mol. The van der Waals surface area contributed by atoms with E-state index in [0.29, 0.717) is 12.1 Å². The molecule has 4 rings (SSSR count). The second kappa shape index (κ2) is 9.96. The Morgan fingerprint density at radius 3 is 2.73 bits per heavy atom. The van der Waals surface area contributed by atoms with Gasteiger partial charge in [-0.05, 0) is 82.5 Å². The van der Waals surface area contributed by atoms with E-state index in [-0.39, 0.29) is 18.0 Å². The van der Waals surface area contributed by atoms with Gasteiger partial charge in [-0.2, -0.15) is 5.26 Å². The summed E-state index contributed by atoms with van der Waals surface area (Å²) < 4.78 is 2.27. The van der Waals surface area contributed by atoms with Crippen molar-refractivity contribution < 1.29 is 14.7 Å². The van der Waals surface area contributed by atoms with E-state index in [1.54, 1.807) is 6.92 Å². The van der Waals surface area contributed by atoms with Gasteiger partial charge in [0.1, 0.15) is 6.04 Å². The van der Waals surface area contributed by atoms with Crippen molar-refractivity contribution in [2.24, 2.45) is 0 Å². The minimum absolute atomic E-state index is 0.111. The monoisotopic (exact) mass is 450 g/mol. The second-order valence-corrected chi connectivity index (χ2v) is 9.40. The molecule has 2 aliphatic heterocycles. The standard InChI is InChI=1S/C26H34N4O3/c1-3-28-22(16-20-10-9-19(17-27)15-24(20)28)12-11-21-7-6-14-30(21)25(31)23-8-4-5-13-29(23)18(2)26(32)33/h9-10,15-16,18,21,23H,3-8,11-14H2,1-2H3,(H,32,33). The van der Waals surface area contributed by atoms with Gasteiger partial charge in [0.25, 0.3) is 0 Å². The van der Waals surface area contributed by atoms with Crippen LogP contribution in [0.5, 0.6) is 0 Å². The quantitative estimate of drug-likeness (QED) is 0.693. The lowest BCUT2D eigenvalue weighted by atomic mass is 9.98. The number of aliphatic carboxylic acids is 1. The molecule has 1 aromatic carbocycles. The summed E-state index contributed by atoms with van der Waals surface area (Å²) in [5.41, 5.74) is 2.99. The summed E-state index contributed by atoms with van der Waals surface area (Å²) >= 11 is 0. The molecule has 1 amide bonds. The van der Waals surface area contributed by atoms with Crippen molar-refractivity contribution in [1.82, 2.24) is 14.4 Å². The summed E-state index contributed by atoms with van der Waals surface area (Å²) in [6.45, 7) is 6.08. The van der Waals surface area contributed by atoms with Gasteiger partial charge in [-0.15, -0.1) is 0 Å². The maximum absolute atomic E-state index is 13.5. The molecule has 7 nitrogen and oxygen atoms in total. The summed E-state index contributed by atoms with van der Waals surface area (Å²) in [6, 6.07) is 9.49. The fraction of sp³-hybridized carbons (Fsp3) is 0.577. The van der Waals surface area contributed by atoms with Gasteiger partial charge in [0.15, 0.2) is 0 Å². The molecule has 2 fully saturated rings. The zero-order valence-electron chi connectivity index (χ0n) is 19.7. The Kier molecular flexibility index (Phi) is 7.04. The average molecular weight is 451 g/mol. The van der Waals surface area contributed by atoms with Crippen molar-refractivity contribution in [2.45, 2.75) is 83.5 Å². The largest absolute Gasteiger partial charge is 0.480 e. The lowest BCUT2D eigenvalue weighted by Gasteiger charge is -2.40. The van der Waals surface area contributed by atoms with Crippen molar-refractivity contribution in [3.63, 3.8) is 0 Å². The van der Waals surface area contributed by atoms with Gasteiger partial charge in [0.05, 0.1) is 17.7 Å². The topological polar surface area (TPSA) is 89.6 Å². The third-order valence-electron chi connectivity index (χ3n) is 7.51. The minimum Gasteiger partial charge on any atom is -0.480 e. The molecule has 2 saturated heterocycles. The first-order valence-corrected chi connectivity index (χ1v) is 12.3. The smallest absolute Gasteiger partial charge is 0.320 e. The number of aromatic nitrogens is 1. The van der Waals surface area contributed by atoms with Crippen molar-refractivity contribution in [3.8, 4) is 6.07 Å². The molecule has 3 atom stereocenters. The van der Waals surface area contributed by atoms with Crippen LogP contribution >= 0.6 is 0 Å². The van der Waals surface area contributed by atoms with Crippen molar-refractivity contribution >= 4 is 22.8 Å². The Labute approximate surface area is 195 Å². The Morgan fingerprint density at radius 2 is 2.00 bits per heavy atom. The zero-order valence-corrected chi connectivity index (χ0v) is 19.7. The molecule has 2 aromatic rings. The van der Waals surface area contributed by atoms with Crippen LogP contribution in [0.4, 0.5) is 0 Å². The van der Waals surface area contributed by atoms with Gasteiger partial charge < -0.3 is 14.6 Å². The number of nitrogens with zero attached hydrogens (tertiary/aromatic N) is 4. The van der Waals surface area contributed by atoms with Crippen molar-refractivity contribution in [3.05, 3.63) is 35.5 Å². The molecule has 0 aliphatic carbocycles. The van der Waals surface area contributed by atoms with Crippen molar-refractivity contribution in [1.29, 1.82) is 5.26 Å². The van der Waals surface area contributed by atoms with Gasteiger partial charge in [0, 0.05) is 30.3 Å². The summed E-state index contributed by atoms with van der Waals surface area (Å²) in [4.78, 5) is 29.1. The van der Waals surface area contributed by atoms with Gasteiger partial charge in [-0.1, -0.05) is 12.5 Å². The summed E-state index contributed by atoms with van der Waals surface area (Å²) in [7, 11) is 0.